The van der Waals surface area contributed by atoms with E-state index in [4.69, 9.17) is 5.11 Å². The van der Waals surface area contributed by atoms with E-state index in [0.717, 1.165) is 12.6 Å². The molecule has 1 N–H and O–H groups in total. The fourth-order valence-corrected chi connectivity index (χ4v) is 2.15. The van der Waals surface area contributed by atoms with Gasteiger partial charge in [0.05, 0.1) is 5.69 Å². The van der Waals surface area contributed by atoms with Crippen LogP contribution >= 0.6 is 0 Å². The highest BCUT2D eigenvalue weighted by Crippen LogP contribution is 2.33. The maximum Gasteiger partial charge on any atom is 0.328 e. The summed E-state index contributed by atoms with van der Waals surface area (Å²) in [5, 5.41) is 8.69. The summed E-state index contributed by atoms with van der Waals surface area (Å²) < 4.78 is 14.1. The van der Waals surface area contributed by atoms with Gasteiger partial charge < -0.3 is 10.0 Å². The summed E-state index contributed by atoms with van der Waals surface area (Å²) in [5.41, 5.74) is 1.12. The van der Waals surface area contributed by atoms with Gasteiger partial charge in [0, 0.05) is 24.7 Å². The second-order valence-electron chi connectivity index (χ2n) is 4.83. The van der Waals surface area contributed by atoms with Crippen LogP contribution in [0.1, 0.15) is 25.3 Å². The maximum atomic E-state index is 14.1. The minimum Gasteiger partial charge on any atom is -0.478 e. The third-order valence-corrected chi connectivity index (χ3v) is 3.30. The van der Waals surface area contributed by atoms with E-state index in [1.165, 1.54) is 25.0 Å². The summed E-state index contributed by atoms with van der Waals surface area (Å²) in [7, 11) is 0. The molecule has 102 valence electrons. The van der Waals surface area contributed by atoms with Crippen molar-refractivity contribution in [3.05, 3.63) is 35.7 Å². The molecule has 3 nitrogen and oxygen atoms in total. The molecule has 1 fully saturated rings. The van der Waals surface area contributed by atoms with Crippen molar-refractivity contribution in [3.63, 3.8) is 0 Å². The minimum absolute atomic E-state index is 0.296. The molecule has 0 aromatic heterocycles. The number of carboxylic acids is 1. The van der Waals surface area contributed by atoms with Crippen molar-refractivity contribution < 1.29 is 14.3 Å². The molecule has 1 aliphatic rings. The first-order chi connectivity index (χ1) is 9.11. The van der Waals surface area contributed by atoms with Crippen LogP contribution in [0.5, 0.6) is 0 Å². The molecule has 0 amide bonds. The first-order valence-electron chi connectivity index (χ1n) is 6.56. The Kier molecular flexibility index (Phi) is 4.20. The van der Waals surface area contributed by atoms with Crippen LogP contribution in [0, 0.1) is 11.7 Å². The molecule has 0 saturated heterocycles. The summed E-state index contributed by atoms with van der Waals surface area (Å²) >= 11 is 0. The molecule has 0 atom stereocenters. The monoisotopic (exact) mass is 263 g/mol. The van der Waals surface area contributed by atoms with Gasteiger partial charge in [-0.25, -0.2) is 9.18 Å². The fourth-order valence-electron chi connectivity index (χ4n) is 2.15. The van der Waals surface area contributed by atoms with Crippen LogP contribution in [0.25, 0.3) is 6.08 Å². The molecule has 0 heterocycles. The van der Waals surface area contributed by atoms with E-state index in [9.17, 15) is 9.18 Å². The van der Waals surface area contributed by atoms with Crippen LogP contribution in [0.15, 0.2) is 24.3 Å². The van der Waals surface area contributed by atoms with E-state index >= 15 is 0 Å². The molecular formula is C15H18FNO2. The van der Waals surface area contributed by atoms with Crippen LogP contribution in [0.2, 0.25) is 0 Å². The third kappa shape index (κ3) is 3.56. The van der Waals surface area contributed by atoms with E-state index in [1.807, 2.05) is 11.8 Å². The Balaban J connectivity index is 2.31. The quantitative estimate of drug-likeness (QED) is 0.801. The van der Waals surface area contributed by atoms with E-state index in [0.29, 0.717) is 23.7 Å². The maximum absolute atomic E-state index is 14.1. The number of hydrogen-bond acceptors (Lipinski definition) is 2. The van der Waals surface area contributed by atoms with Gasteiger partial charge in [0.2, 0.25) is 0 Å². The second kappa shape index (κ2) is 5.87. The topological polar surface area (TPSA) is 40.5 Å². The molecule has 1 aromatic rings. The van der Waals surface area contributed by atoms with Gasteiger partial charge in [0.25, 0.3) is 0 Å². The van der Waals surface area contributed by atoms with E-state index < -0.39 is 5.97 Å². The number of carbonyl (C=O) groups is 1. The largest absolute Gasteiger partial charge is 0.478 e. The van der Waals surface area contributed by atoms with Gasteiger partial charge in [-0.15, -0.1) is 0 Å². The molecule has 0 spiro atoms. The zero-order valence-corrected chi connectivity index (χ0v) is 11.0. The van der Waals surface area contributed by atoms with Gasteiger partial charge in [-0.2, -0.15) is 0 Å². The normalized spacial score (nSPS) is 14.8. The molecule has 0 bridgehead atoms. The molecule has 1 aliphatic carbocycles. The predicted molar refractivity (Wildman–Crippen MR) is 73.7 cm³/mol. The molecular weight excluding hydrogens is 245 g/mol. The number of benzene rings is 1. The highest BCUT2D eigenvalue weighted by atomic mass is 19.1. The lowest BCUT2D eigenvalue weighted by Gasteiger charge is -2.25. The van der Waals surface area contributed by atoms with Gasteiger partial charge in [0.1, 0.15) is 5.82 Å². The standard InChI is InChI=1S/C15H18FNO2/c1-2-17(10-11-6-7-11)15-12(8-9-14(18)19)4-3-5-13(15)16/h3-5,8-9,11H,2,6-7,10H2,1H3,(H,18,19)/b9-8+. The van der Waals surface area contributed by atoms with Gasteiger partial charge in [-0.1, -0.05) is 12.1 Å². The Labute approximate surface area is 112 Å². The number of aliphatic carboxylic acids is 1. The van der Waals surface area contributed by atoms with Crippen molar-refractivity contribution in [2.75, 3.05) is 18.0 Å². The number of para-hydroxylation sites is 1. The van der Waals surface area contributed by atoms with Crippen molar-refractivity contribution in [1.29, 1.82) is 0 Å². The number of anilines is 1. The lowest BCUT2D eigenvalue weighted by molar-refractivity contribution is -0.131. The van der Waals surface area contributed by atoms with Gasteiger partial charge in [-0.3, -0.25) is 0 Å². The second-order valence-corrected chi connectivity index (χ2v) is 4.83. The van der Waals surface area contributed by atoms with Crippen molar-refractivity contribution in [1.82, 2.24) is 0 Å². The Morgan fingerprint density at radius 2 is 2.26 bits per heavy atom. The van der Waals surface area contributed by atoms with Crippen LogP contribution < -0.4 is 4.90 Å². The van der Waals surface area contributed by atoms with Crippen molar-refractivity contribution in [3.8, 4) is 0 Å². The number of hydrogen-bond donors (Lipinski definition) is 1. The first kappa shape index (κ1) is 13.6. The predicted octanol–water partition coefficient (Wildman–Crippen LogP) is 3.16. The lowest BCUT2D eigenvalue weighted by Crippen LogP contribution is -2.27. The summed E-state index contributed by atoms with van der Waals surface area (Å²) in [6, 6.07) is 4.77. The highest BCUT2D eigenvalue weighted by Gasteiger charge is 2.25. The Hall–Kier alpha value is -1.84. The zero-order chi connectivity index (χ0) is 13.8. The van der Waals surface area contributed by atoms with Gasteiger partial charge in [0.15, 0.2) is 0 Å². The molecule has 2 rings (SSSR count). The average Bonchev–Trinajstić information content (AvgIpc) is 3.18. The molecule has 1 saturated carbocycles. The van der Waals surface area contributed by atoms with Crippen molar-refractivity contribution in [2.24, 2.45) is 5.92 Å². The number of halogens is 1. The molecule has 0 unspecified atom stereocenters. The molecule has 0 radical (unpaired) electrons. The van der Waals surface area contributed by atoms with E-state index in [2.05, 4.69) is 0 Å². The van der Waals surface area contributed by atoms with E-state index in [1.54, 1.807) is 12.1 Å². The Morgan fingerprint density at radius 3 is 2.84 bits per heavy atom. The fraction of sp³-hybridized carbons (Fsp3) is 0.400. The number of rotatable bonds is 6. The average molecular weight is 263 g/mol. The third-order valence-electron chi connectivity index (χ3n) is 3.30. The van der Waals surface area contributed by atoms with Gasteiger partial charge in [-0.05, 0) is 37.8 Å². The minimum atomic E-state index is -1.03. The van der Waals surface area contributed by atoms with Crippen LogP contribution in [0.4, 0.5) is 10.1 Å². The van der Waals surface area contributed by atoms with Gasteiger partial charge >= 0.3 is 5.97 Å². The van der Waals surface area contributed by atoms with Crippen LogP contribution in [-0.2, 0) is 4.79 Å². The SMILES string of the molecule is CCN(CC1CC1)c1c(F)cccc1/C=C/C(=O)O. The Bertz CT molecular complexity index is 495. The molecule has 4 heteroatoms. The molecule has 19 heavy (non-hydrogen) atoms. The zero-order valence-electron chi connectivity index (χ0n) is 11.0. The number of nitrogens with zero attached hydrogens (tertiary/aromatic N) is 1. The van der Waals surface area contributed by atoms with E-state index in [-0.39, 0.29) is 5.82 Å². The summed E-state index contributed by atoms with van der Waals surface area (Å²) in [6.07, 6.45) is 4.90. The van der Waals surface area contributed by atoms with Crippen molar-refractivity contribution >= 4 is 17.7 Å². The summed E-state index contributed by atoms with van der Waals surface area (Å²) in [5.74, 6) is -0.675. The van der Waals surface area contributed by atoms with Crippen LogP contribution in [0.3, 0.4) is 0 Å². The number of carboxylic acid groups (broad SMARTS) is 1. The van der Waals surface area contributed by atoms with Crippen molar-refractivity contribution in [2.45, 2.75) is 19.8 Å². The summed E-state index contributed by atoms with van der Waals surface area (Å²) in [4.78, 5) is 12.6. The lowest BCUT2D eigenvalue weighted by atomic mass is 10.1. The molecule has 0 aliphatic heterocycles. The first-order valence-corrected chi connectivity index (χ1v) is 6.56. The highest BCUT2D eigenvalue weighted by molar-refractivity contribution is 5.87. The Morgan fingerprint density at radius 1 is 1.53 bits per heavy atom. The molecule has 1 aromatic carbocycles. The smallest absolute Gasteiger partial charge is 0.328 e. The summed E-state index contributed by atoms with van der Waals surface area (Å²) in [6.45, 7) is 3.54. The van der Waals surface area contributed by atoms with Crippen LogP contribution in [-0.4, -0.2) is 24.2 Å².